The van der Waals surface area contributed by atoms with Crippen LogP contribution in [0.15, 0.2) is 48.5 Å². The molecule has 3 nitrogen and oxygen atoms in total. The molecule has 0 aliphatic carbocycles. The Kier molecular flexibility index (Phi) is 3.01. The molecule has 3 aromatic rings. The van der Waals surface area contributed by atoms with Gasteiger partial charge in [0.05, 0.1) is 17.1 Å². The molecular formula is C15H14FN3. The van der Waals surface area contributed by atoms with Gasteiger partial charge in [0.15, 0.2) is 0 Å². The van der Waals surface area contributed by atoms with E-state index in [1.54, 1.807) is 6.07 Å². The van der Waals surface area contributed by atoms with Crippen LogP contribution in [-0.4, -0.2) is 9.97 Å². The van der Waals surface area contributed by atoms with Crippen molar-refractivity contribution in [3.63, 3.8) is 0 Å². The number of rotatable bonds is 3. The predicted molar refractivity (Wildman–Crippen MR) is 73.1 cm³/mol. The summed E-state index contributed by atoms with van der Waals surface area (Å²) in [5.41, 5.74) is 8.71. The standard InChI is InChI=1S/C15H14FN3/c16-11-6-7-13-14(9-11)19-15(18-13)12(17)8-10-4-2-1-3-5-10/h1-7,9,12H,8,17H2,(H,18,19). The van der Waals surface area contributed by atoms with Gasteiger partial charge in [-0.3, -0.25) is 0 Å². The summed E-state index contributed by atoms with van der Waals surface area (Å²) in [5.74, 6) is 0.406. The molecule has 0 amide bonds. The molecule has 1 atom stereocenters. The lowest BCUT2D eigenvalue weighted by Crippen LogP contribution is -2.14. The van der Waals surface area contributed by atoms with Crippen LogP contribution < -0.4 is 5.73 Å². The van der Waals surface area contributed by atoms with Crippen molar-refractivity contribution in [2.75, 3.05) is 0 Å². The fourth-order valence-electron chi connectivity index (χ4n) is 2.14. The van der Waals surface area contributed by atoms with Crippen molar-refractivity contribution in [3.8, 4) is 0 Å². The van der Waals surface area contributed by atoms with E-state index in [-0.39, 0.29) is 11.9 Å². The summed E-state index contributed by atoms with van der Waals surface area (Å²) >= 11 is 0. The lowest BCUT2D eigenvalue weighted by molar-refractivity contribution is 0.629. The van der Waals surface area contributed by atoms with E-state index in [1.165, 1.54) is 12.1 Å². The zero-order valence-electron chi connectivity index (χ0n) is 10.3. The van der Waals surface area contributed by atoms with Gasteiger partial charge < -0.3 is 10.7 Å². The second kappa shape index (κ2) is 4.82. The lowest BCUT2D eigenvalue weighted by Gasteiger charge is -2.08. The Labute approximate surface area is 110 Å². The van der Waals surface area contributed by atoms with Gasteiger partial charge in [0.1, 0.15) is 11.6 Å². The van der Waals surface area contributed by atoms with Crippen LogP contribution >= 0.6 is 0 Å². The number of nitrogens with zero attached hydrogens (tertiary/aromatic N) is 1. The molecule has 0 radical (unpaired) electrons. The minimum absolute atomic E-state index is 0.224. The topological polar surface area (TPSA) is 54.7 Å². The number of benzene rings is 2. The van der Waals surface area contributed by atoms with Gasteiger partial charge in [-0.05, 0) is 30.2 Å². The van der Waals surface area contributed by atoms with Crippen LogP contribution in [0.1, 0.15) is 17.4 Å². The minimum Gasteiger partial charge on any atom is -0.341 e. The maximum Gasteiger partial charge on any atom is 0.125 e. The molecule has 1 heterocycles. The average molecular weight is 255 g/mol. The number of hydrogen-bond donors (Lipinski definition) is 2. The Morgan fingerprint density at radius 1 is 1.16 bits per heavy atom. The first-order valence-electron chi connectivity index (χ1n) is 6.17. The average Bonchev–Trinajstić information content (AvgIpc) is 2.83. The maximum absolute atomic E-state index is 13.1. The van der Waals surface area contributed by atoms with E-state index in [0.29, 0.717) is 17.8 Å². The van der Waals surface area contributed by atoms with E-state index in [0.717, 1.165) is 11.1 Å². The first-order chi connectivity index (χ1) is 9.22. The number of nitrogens with two attached hydrogens (primary N) is 1. The number of fused-ring (bicyclic) bond motifs is 1. The first-order valence-corrected chi connectivity index (χ1v) is 6.17. The monoisotopic (exact) mass is 255 g/mol. The first kappa shape index (κ1) is 11.9. The number of hydrogen-bond acceptors (Lipinski definition) is 2. The highest BCUT2D eigenvalue weighted by molar-refractivity contribution is 5.75. The molecule has 96 valence electrons. The smallest absolute Gasteiger partial charge is 0.125 e. The van der Waals surface area contributed by atoms with Crippen molar-refractivity contribution in [1.29, 1.82) is 0 Å². The maximum atomic E-state index is 13.1. The van der Waals surface area contributed by atoms with Crippen LogP contribution in [0.25, 0.3) is 11.0 Å². The van der Waals surface area contributed by atoms with Gasteiger partial charge in [0.25, 0.3) is 0 Å². The largest absolute Gasteiger partial charge is 0.341 e. The zero-order valence-corrected chi connectivity index (χ0v) is 10.3. The molecule has 1 aromatic heterocycles. The third-order valence-electron chi connectivity index (χ3n) is 3.11. The molecule has 0 saturated heterocycles. The van der Waals surface area contributed by atoms with Crippen molar-refractivity contribution in [2.45, 2.75) is 12.5 Å². The van der Waals surface area contributed by atoms with Crippen molar-refractivity contribution in [3.05, 3.63) is 65.7 Å². The van der Waals surface area contributed by atoms with Gasteiger partial charge in [-0.15, -0.1) is 0 Å². The Morgan fingerprint density at radius 2 is 1.95 bits per heavy atom. The molecule has 2 aromatic carbocycles. The summed E-state index contributed by atoms with van der Waals surface area (Å²) in [6, 6.07) is 14.3. The van der Waals surface area contributed by atoms with Crippen molar-refractivity contribution < 1.29 is 4.39 Å². The normalized spacial score (nSPS) is 12.7. The SMILES string of the molecule is NC(Cc1ccccc1)c1nc2ccc(F)cc2[nH]1. The van der Waals surface area contributed by atoms with Crippen LogP contribution in [0.2, 0.25) is 0 Å². The molecule has 4 heteroatoms. The van der Waals surface area contributed by atoms with E-state index in [4.69, 9.17) is 5.73 Å². The van der Waals surface area contributed by atoms with Crippen LogP contribution in [0.5, 0.6) is 0 Å². The summed E-state index contributed by atoms with van der Waals surface area (Å²) in [6.45, 7) is 0. The summed E-state index contributed by atoms with van der Waals surface area (Å²) in [4.78, 5) is 7.48. The van der Waals surface area contributed by atoms with Gasteiger partial charge in [0.2, 0.25) is 0 Å². The quantitative estimate of drug-likeness (QED) is 0.756. The summed E-state index contributed by atoms with van der Waals surface area (Å²) in [5, 5.41) is 0. The molecule has 0 spiro atoms. The highest BCUT2D eigenvalue weighted by Crippen LogP contribution is 2.18. The van der Waals surface area contributed by atoms with Crippen molar-refractivity contribution >= 4 is 11.0 Å². The van der Waals surface area contributed by atoms with Gasteiger partial charge in [0, 0.05) is 0 Å². The molecule has 3 N–H and O–H groups in total. The number of H-pyrrole nitrogens is 1. The molecule has 0 fully saturated rings. The predicted octanol–water partition coefficient (Wildman–Crippen LogP) is 2.94. The molecule has 0 aliphatic rings. The molecule has 0 bridgehead atoms. The second-order valence-corrected chi connectivity index (χ2v) is 4.58. The van der Waals surface area contributed by atoms with E-state index in [2.05, 4.69) is 9.97 Å². The van der Waals surface area contributed by atoms with Gasteiger partial charge >= 0.3 is 0 Å². The second-order valence-electron chi connectivity index (χ2n) is 4.58. The fraction of sp³-hybridized carbons (Fsp3) is 0.133. The van der Waals surface area contributed by atoms with Gasteiger partial charge in [-0.1, -0.05) is 30.3 Å². The molecule has 1 unspecified atom stereocenters. The number of aromatic amines is 1. The Balaban J connectivity index is 1.87. The molecule has 3 rings (SSSR count). The Bertz CT molecular complexity index is 691. The highest BCUT2D eigenvalue weighted by atomic mass is 19.1. The number of aromatic nitrogens is 2. The molecule has 19 heavy (non-hydrogen) atoms. The summed E-state index contributed by atoms with van der Waals surface area (Å²) in [6.07, 6.45) is 0.698. The van der Waals surface area contributed by atoms with Gasteiger partial charge in [-0.2, -0.15) is 0 Å². The minimum atomic E-state index is -0.278. The lowest BCUT2D eigenvalue weighted by atomic mass is 10.1. The molecule has 0 aliphatic heterocycles. The van der Waals surface area contributed by atoms with Gasteiger partial charge in [-0.25, -0.2) is 9.37 Å². The Hall–Kier alpha value is -2.20. The molecular weight excluding hydrogens is 241 g/mol. The van der Waals surface area contributed by atoms with Crippen molar-refractivity contribution in [2.24, 2.45) is 5.73 Å². The van der Waals surface area contributed by atoms with Crippen LogP contribution in [0.3, 0.4) is 0 Å². The van der Waals surface area contributed by atoms with Crippen molar-refractivity contribution in [1.82, 2.24) is 9.97 Å². The summed E-state index contributed by atoms with van der Waals surface area (Å²) < 4.78 is 13.1. The third kappa shape index (κ3) is 2.48. The number of halogens is 1. The van der Waals surface area contributed by atoms with E-state index >= 15 is 0 Å². The Morgan fingerprint density at radius 3 is 2.74 bits per heavy atom. The highest BCUT2D eigenvalue weighted by Gasteiger charge is 2.12. The van der Waals surface area contributed by atoms with E-state index in [1.807, 2.05) is 30.3 Å². The summed E-state index contributed by atoms with van der Waals surface area (Å²) in [7, 11) is 0. The molecule has 0 saturated carbocycles. The number of nitrogens with one attached hydrogen (secondary N) is 1. The van der Waals surface area contributed by atoms with Crippen LogP contribution in [0.4, 0.5) is 4.39 Å². The number of imidazole rings is 1. The van der Waals surface area contributed by atoms with E-state index in [9.17, 15) is 4.39 Å². The van der Waals surface area contributed by atoms with E-state index < -0.39 is 0 Å². The zero-order chi connectivity index (χ0) is 13.2. The third-order valence-corrected chi connectivity index (χ3v) is 3.11. The van der Waals surface area contributed by atoms with Crippen LogP contribution in [-0.2, 0) is 6.42 Å². The fourth-order valence-corrected chi connectivity index (χ4v) is 2.14. The van der Waals surface area contributed by atoms with Crippen LogP contribution in [0, 0.1) is 5.82 Å².